The fourth-order valence-corrected chi connectivity index (χ4v) is 6.10. The number of ether oxygens (including phenoxy) is 1. The van der Waals surface area contributed by atoms with E-state index in [0.29, 0.717) is 50.9 Å². The van der Waals surface area contributed by atoms with Gasteiger partial charge < -0.3 is 15.4 Å². The van der Waals surface area contributed by atoms with Gasteiger partial charge in [0.1, 0.15) is 4.21 Å². The third-order valence-corrected chi connectivity index (χ3v) is 8.21. The van der Waals surface area contributed by atoms with E-state index >= 15 is 0 Å². The van der Waals surface area contributed by atoms with Gasteiger partial charge in [-0.15, -0.1) is 11.3 Å². The molecule has 3 rings (SSSR count). The Morgan fingerprint density at radius 2 is 2.08 bits per heavy atom. The van der Waals surface area contributed by atoms with Crippen LogP contribution in [0.15, 0.2) is 15.7 Å². The van der Waals surface area contributed by atoms with Crippen molar-refractivity contribution in [1.82, 2.24) is 9.21 Å². The first-order valence-electron chi connectivity index (χ1n) is 8.61. The summed E-state index contributed by atoms with van der Waals surface area (Å²) >= 11 is 1.10. The van der Waals surface area contributed by atoms with E-state index in [-0.39, 0.29) is 16.2 Å². The number of nitrogens with two attached hydrogens (primary N) is 1. The zero-order valence-corrected chi connectivity index (χ0v) is 16.0. The Kier molecular flexibility index (Phi) is 5.79. The molecular weight excluding hydrogens is 362 g/mol. The molecule has 2 aliphatic rings. The monoisotopic (exact) mass is 387 g/mol. The van der Waals surface area contributed by atoms with Gasteiger partial charge in [-0.1, -0.05) is 6.92 Å². The summed E-state index contributed by atoms with van der Waals surface area (Å²) in [5, 5.41) is 1.64. The van der Waals surface area contributed by atoms with Crippen LogP contribution >= 0.6 is 11.3 Å². The molecule has 2 N–H and O–H groups in total. The molecule has 0 radical (unpaired) electrons. The maximum absolute atomic E-state index is 12.8. The number of thiophene rings is 1. The maximum Gasteiger partial charge on any atom is 0.255 e. The number of piperidine rings is 1. The lowest BCUT2D eigenvalue weighted by molar-refractivity contribution is 0.0574. The molecule has 2 saturated heterocycles. The summed E-state index contributed by atoms with van der Waals surface area (Å²) in [6.45, 7) is 4.77. The summed E-state index contributed by atoms with van der Waals surface area (Å²) in [6, 6.07) is 1.53. The highest BCUT2D eigenvalue weighted by atomic mass is 32.2. The van der Waals surface area contributed by atoms with Crippen molar-refractivity contribution in [3.63, 3.8) is 0 Å². The van der Waals surface area contributed by atoms with E-state index in [2.05, 4.69) is 6.92 Å². The van der Waals surface area contributed by atoms with Gasteiger partial charge in [0.15, 0.2) is 0 Å². The summed E-state index contributed by atoms with van der Waals surface area (Å²) in [5.74, 6) is 0.430. The Morgan fingerprint density at radius 1 is 1.36 bits per heavy atom. The maximum atomic E-state index is 12.8. The van der Waals surface area contributed by atoms with Crippen molar-refractivity contribution in [2.75, 3.05) is 39.4 Å². The number of carbonyl (C=O) groups excluding carboxylic acids is 1. The van der Waals surface area contributed by atoms with Gasteiger partial charge in [-0.05, 0) is 24.8 Å². The first-order valence-corrected chi connectivity index (χ1v) is 10.9. The van der Waals surface area contributed by atoms with Crippen LogP contribution < -0.4 is 5.73 Å². The van der Waals surface area contributed by atoms with Crippen LogP contribution in [0.3, 0.4) is 0 Å². The molecule has 0 saturated carbocycles. The first kappa shape index (κ1) is 18.8. The van der Waals surface area contributed by atoms with Crippen LogP contribution in [0.5, 0.6) is 0 Å². The number of hydrogen-bond donors (Lipinski definition) is 1. The molecule has 1 aromatic heterocycles. The molecule has 0 aromatic carbocycles. The molecule has 2 unspecified atom stereocenters. The third-order valence-electron chi connectivity index (χ3n) is 4.90. The number of sulfonamides is 1. The normalized spacial score (nSPS) is 25.9. The van der Waals surface area contributed by atoms with E-state index in [1.165, 1.54) is 10.4 Å². The van der Waals surface area contributed by atoms with Gasteiger partial charge in [0, 0.05) is 37.6 Å². The van der Waals surface area contributed by atoms with Crippen molar-refractivity contribution in [3.8, 4) is 0 Å². The minimum Gasteiger partial charge on any atom is -0.379 e. The van der Waals surface area contributed by atoms with Gasteiger partial charge in [-0.2, -0.15) is 4.31 Å². The molecule has 2 fully saturated rings. The largest absolute Gasteiger partial charge is 0.379 e. The van der Waals surface area contributed by atoms with Crippen LogP contribution in [0, 0.1) is 5.92 Å². The Hall–Kier alpha value is -1.00. The molecule has 9 heteroatoms. The fourth-order valence-electron chi connectivity index (χ4n) is 3.39. The van der Waals surface area contributed by atoms with Gasteiger partial charge in [0.25, 0.3) is 15.9 Å². The van der Waals surface area contributed by atoms with Crippen LogP contribution in [-0.2, 0) is 14.8 Å². The number of carbonyl (C=O) groups is 1. The van der Waals surface area contributed by atoms with Crippen LogP contribution in [-0.4, -0.2) is 69.0 Å². The second-order valence-electron chi connectivity index (χ2n) is 6.69. The molecular formula is C16H25N3O4S2. The van der Waals surface area contributed by atoms with Gasteiger partial charge >= 0.3 is 0 Å². The molecule has 140 valence electrons. The number of hydrogen-bond acceptors (Lipinski definition) is 6. The highest BCUT2D eigenvalue weighted by molar-refractivity contribution is 7.91. The standard InChI is InChI=1S/C16H25N3O4S2/c1-12-2-3-19(14(8-12)10-17)16(20)13-9-15(24-11-13)25(21,22)18-4-6-23-7-5-18/h9,11-12,14H,2-8,10,17H2,1H3. The number of likely N-dealkylation sites (tertiary alicyclic amines) is 1. The van der Waals surface area contributed by atoms with E-state index in [4.69, 9.17) is 10.5 Å². The summed E-state index contributed by atoms with van der Waals surface area (Å²) in [4.78, 5) is 14.6. The predicted molar refractivity (Wildman–Crippen MR) is 96.2 cm³/mol. The number of amides is 1. The molecule has 25 heavy (non-hydrogen) atoms. The fraction of sp³-hybridized carbons (Fsp3) is 0.688. The third kappa shape index (κ3) is 3.90. The van der Waals surface area contributed by atoms with Crippen LogP contribution in [0.1, 0.15) is 30.1 Å². The van der Waals surface area contributed by atoms with Gasteiger partial charge in [-0.25, -0.2) is 8.42 Å². The van der Waals surface area contributed by atoms with E-state index in [1.807, 2.05) is 0 Å². The quantitative estimate of drug-likeness (QED) is 0.831. The van der Waals surface area contributed by atoms with Crippen LogP contribution in [0.25, 0.3) is 0 Å². The van der Waals surface area contributed by atoms with Gasteiger partial charge in [0.05, 0.1) is 18.8 Å². The molecule has 3 heterocycles. The zero-order valence-electron chi connectivity index (χ0n) is 14.4. The average Bonchev–Trinajstić information content (AvgIpc) is 3.12. The summed E-state index contributed by atoms with van der Waals surface area (Å²) in [7, 11) is -3.56. The lowest BCUT2D eigenvalue weighted by Crippen LogP contribution is -2.49. The minimum absolute atomic E-state index is 0.0236. The summed E-state index contributed by atoms with van der Waals surface area (Å²) in [6.07, 6.45) is 1.84. The van der Waals surface area contributed by atoms with E-state index < -0.39 is 10.0 Å². The minimum atomic E-state index is -3.56. The highest BCUT2D eigenvalue weighted by Crippen LogP contribution is 2.28. The molecule has 0 aliphatic carbocycles. The smallest absolute Gasteiger partial charge is 0.255 e. The Bertz CT molecular complexity index is 713. The average molecular weight is 388 g/mol. The summed E-state index contributed by atoms with van der Waals surface area (Å²) in [5.41, 5.74) is 6.27. The lowest BCUT2D eigenvalue weighted by Gasteiger charge is -2.37. The van der Waals surface area contributed by atoms with Crippen molar-refractivity contribution >= 4 is 27.3 Å². The molecule has 2 aliphatic heterocycles. The molecule has 0 bridgehead atoms. The Morgan fingerprint density at radius 3 is 2.76 bits per heavy atom. The van der Waals surface area contributed by atoms with E-state index in [1.54, 1.807) is 10.3 Å². The van der Waals surface area contributed by atoms with Crippen LogP contribution in [0.4, 0.5) is 0 Å². The van der Waals surface area contributed by atoms with Crippen molar-refractivity contribution in [1.29, 1.82) is 0 Å². The number of nitrogens with zero attached hydrogens (tertiary/aromatic N) is 2. The van der Waals surface area contributed by atoms with Crippen molar-refractivity contribution in [3.05, 3.63) is 17.0 Å². The molecule has 7 nitrogen and oxygen atoms in total. The summed E-state index contributed by atoms with van der Waals surface area (Å²) < 4.78 is 32.2. The van der Waals surface area contributed by atoms with Gasteiger partial charge in [-0.3, -0.25) is 4.79 Å². The lowest BCUT2D eigenvalue weighted by atomic mass is 9.92. The second-order valence-corrected chi connectivity index (χ2v) is 9.76. The number of morpholine rings is 1. The SMILES string of the molecule is CC1CCN(C(=O)c2csc(S(=O)(=O)N3CCOCC3)c2)C(CN)C1. The van der Waals surface area contributed by atoms with E-state index in [9.17, 15) is 13.2 Å². The molecule has 2 atom stereocenters. The second kappa shape index (κ2) is 7.71. The van der Waals surface area contributed by atoms with Crippen molar-refractivity contribution in [2.24, 2.45) is 11.7 Å². The number of rotatable bonds is 4. The Labute approximate surface area is 152 Å². The van der Waals surface area contributed by atoms with Crippen LogP contribution in [0.2, 0.25) is 0 Å². The zero-order chi connectivity index (χ0) is 18.0. The molecule has 1 aromatic rings. The Balaban J connectivity index is 1.77. The highest BCUT2D eigenvalue weighted by Gasteiger charge is 2.32. The topological polar surface area (TPSA) is 92.9 Å². The molecule has 0 spiro atoms. The van der Waals surface area contributed by atoms with Gasteiger partial charge in [0.2, 0.25) is 0 Å². The van der Waals surface area contributed by atoms with Crippen molar-refractivity contribution in [2.45, 2.75) is 30.0 Å². The molecule has 1 amide bonds. The van der Waals surface area contributed by atoms with E-state index in [0.717, 1.165) is 24.2 Å². The first-order chi connectivity index (χ1) is 11.9. The van der Waals surface area contributed by atoms with Crippen molar-refractivity contribution < 1.29 is 17.9 Å². The predicted octanol–water partition coefficient (Wildman–Crippen LogP) is 0.968.